The van der Waals surface area contributed by atoms with E-state index in [-0.39, 0.29) is 25.2 Å². The third kappa shape index (κ3) is 26.2. The van der Waals surface area contributed by atoms with Crippen LogP contribution >= 0.6 is 0 Å². The van der Waals surface area contributed by atoms with E-state index in [0.29, 0.717) is 45.1 Å². The van der Waals surface area contributed by atoms with Crippen LogP contribution in [0.3, 0.4) is 0 Å². The van der Waals surface area contributed by atoms with Crippen LogP contribution in [0.2, 0.25) is 0 Å². The summed E-state index contributed by atoms with van der Waals surface area (Å²) >= 11 is 0. The second kappa shape index (κ2) is 37.3. The SMILES string of the molecule is CCCCCCCCCCCCCCCCCC(=O)N(CCCCCCCCCCCC)[C@@H]1O[C@H](CO)[C@@H](O)[C@H](O)[C@@H]1NC(=O)[C@H](CO)NC(=O)CCCCCCC(=O)O. The van der Waals surface area contributed by atoms with E-state index in [4.69, 9.17) is 9.84 Å². The number of ether oxygens (including phenoxy) is 1. The molecule has 13 heteroatoms. The van der Waals surface area contributed by atoms with Gasteiger partial charge >= 0.3 is 5.97 Å². The molecule has 0 saturated carbocycles. The second-order valence-electron chi connectivity index (χ2n) is 17.3. The van der Waals surface area contributed by atoms with Crippen LogP contribution in [0.5, 0.6) is 0 Å². The molecule has 13 nitrogen and oxygen atoms in total. The molecule has 0 aliphatic carbocycles. The topological polar surface area (TPSA) is 206 Å². The molecule has 0 aromatic rings. The number of aliphatic hydroxyl groups excluding tert-OH is 4. The minimum Gasteiger partial charge on any atom is -0.481 e. The van der Waals surface area contributed by atoms with Crippen molar-refractivity contribution < 1.29 is 49.4 Å². The highest BCUT2D eigenvalue weighted by Crippen LogP contribution is 2.26. The number of aliphatic hydroxyl groups is 4. The van der Waals surface area contributed by atoms with Gasteiger partial charge in [-0.15, -0.1) is 0 Å². The molecule has 352 valence electrons. The number of hydrogen-bond acceptors (Lipinski definition) is 9. The van der Waals surface area contributed by atoms with Crippen LogP contribution in [0.4, 0.5) is 0 Å². The summed E-state index contributed by atoms with van der Waals surface area (Å²) in [5, 5.41) is 56.3. The van der Waals surface area contributed by atoms with Gasteiger partial charge in [-0.1, -0.05) is 174 Å². The van der Waals surface area contributed by atoms with Gasteiger partial charge in [0.1, 0.15) is 30.4 Å². The molecule has 6 atom stereocenters. The lowest BCUT2D eigenvalue weighted by atomic mass is 9.94. The quantitative estimate of drug-likeness (QED) is 0.0298. The largest absolute Gasteiger partial charge is 0.481 e. The van der Waals surface area contributed by atoms with Gasteiger partial charge in [0.2, 0.25) is 17.7 Å². The summed E-state index contributed by atoms with van der Waals surface area (Å²) in [6.07, 6.45) is 26.3. The Morgan fingerprint density at radius 2 is 0.983 bits per heavy atom. The fourth-order valence-corrected chi connectivity index (χ4v) is 8.12. The molecule has 1 aliphatic heterocycles. The fourth-order valence-electron chi connectivity index (χ4n) is 8.12. The van der Waals surface area contributed by atoms with Crippen LogP contribution in [-0.2, 0) is 23.9 Å². The van der Waals surface area contributed by atoms with Crippen molar-refractivity contribution in [2.24, 2.45) is 0 Å². The Hall–Kier alpha value is -2.32. The third-order valence-electron chi connectivity index (χ3n) is 12.0. The number of rotatable bonds is 40. The first-order valence-electron chi connectivity index (χ1n) is 24.4. The lowest BCUT2D eigenvalue weighted by Gasteiger charge is -2.47. The van der Waals surface area contributed by atoms with Crippen LogP contribution in [0.25, 0.3) is 0 Å². The summed E-state index contributed by atoms with van der Waals surface area (Å²) < 4.78 is 6.12. The van der Waals surface area contributed by atoms with Crippen molar-refractivity contribution in [2.75, 3.05) is 19.8 Å². The van der Waals surface area contributed by atoms with Crippen molar-refractivity contribution in [1.82, 2.24) is 15.5 Å². The van der Waals surface area contributed by atoms with Crippen molar-refractivity contribution in [1.29, 1.82) is 0 Å². The average Bonchev–Trinajstić information content (AvgIpc) is 3.23. The van der Waals surface area contributed by atoms with Gasteiger partial charge in [0.25, 0.3) is 0 Å². The number of aliphatic carboxylic acids is 1. The van der Waals surface area contributed by atoms with E-state index in [1.54, 1.807) is 0 Å². The Balaban J connectivity index is 2.86. The molecule has 7 N–H and O–H groups in total. The molecule has 1 saturated heterocycles. The van der Waals surface area contributed by atoms with Crippen LogP contribution in [0, 0.1) is 0 Å². The van der Waals surface area contributed by atoms with Crippen molar-refractivity contribution in [3.05, 3.63) is 0 Å². The van der Waals surface area contributed by atoms with E-state index in [9.17, 15) is 39.6 Å². The maximum Gasteiger partial charge on any atom is 0.303 e. The van der Waals surface area contributed by atoms with Gasteiger partial charge in [-0.3, -0.25) is 19.2 Å². The van der Waals surface area contributed by atoms with E-state index in [1.807, 2.05) is 0 Å². The maximum atomic E-state index is 14.0. The van der Waals surface area contributed by atoms with Gasteiger partial charge in [0, 0.05) is 25.8 Å². The zero-order chi connectivity index (χ0) is 44.2. The summed E-state index contributed by atoms with van der Waals surface area (Å²) in [4.78, 5) is 52.5. The molecular weight excluding hydrogens is 767 g/mol. The van der Waals surface area contributed by atoms with Crippen LogP contribution < -0.4 is 10.6 Å². The molecule has 0 radical (unpaired) electrons. The Bertz CT molecular complexity index is 1100. The molecule has 60 heavy (non-hydrogen) atoms. The van der Waals surface area contributed by atoms with Crippen molar-refractivity contribution in [3.8, 4) is 0 Å². The summed E-state index contributed by atoms with van der Waals surface area (Å²) in [6.45, 7) is 3.42. The molecule has 0 bridgehead atoms. The number of carboxylic acid groups (broad SMARTS) is 1. The number of amides is 3. The van der Waals surface area contributed by atoms with Gasteiger partial charge in [0.05, 0.1) is 13.2 Å². The summed E-state index contributed by atoms with van der Waals surface area (Å²) in [5.74, 6) is -2.35. The lowest BCUT2D eigenvalue weighted by Crippen LogP contribution is -2.70. The minimum absolute atomic E-state index is 0.0617. The first kappa shape index (κ1) is 55.7. The van der Waals surface area contributed by atoms with Crippen molar-refractivity contribution >= 4 is 23.7 Å². The van der Waals surface area contributed by atoms with Gasteiger partial charge in [-0.2, -0.15) is 0 Å². The maximum absolute atomic E-state index is 14.0. The molecular formula is C47H89N3O10. The van der Waals surface area contributed by atoms with Crippen LogP contribution in [0.15, 0.2) is 0 Å². The molecule has 3 amide bonds. The van der Waals surface area contributed by atoms with Gasteiger partial charge in [0.15, 0.2) is 6.23 Å². The van der Waals surface area contributed by atoms with Crippen LogP contribution in [0.1, 0.15) is 219 Å². The Morgan fingerprint density at radius 1 is 0.567 bits per heavy atom. The zero-order valence-corrected chi connectivity index (χ0v) is 37.9. The Kier molecular flexibility index (Phi) is 34.6. The standard InChI is InChI=1S/C47H89N3O10/c1-3-5-7-9-11-13-15-16-17-18-19-20-22-24-29-33-41(54)50(35-31-27-23-21-14-12-10-8-6-4-2)47-43(45(58)44(57)39(37-52)60-47)49-46(59)38(36-51)48-40(53)32-28-25-26-30-34-42(55)56/h38-39,43-45,47,51-52,57-58H,3-37H2,1-2H3,(H,48,53)(H,49,59)(H,55,56)/t38-,39+,43-,44+,45+,47+/m0/s1. The second-order valence-corrected chi connectivity index (χ2v) is 17.3. The lowest BCUT2D eigenvalue weighted by molar-refractivity contribution is -0.231. The Labute approximate surface area is 363 Å². The zero-order valence-electron chi connectivity index (χ0n) is 37.9. The number of carboxylic acids is 1. The summed E-state index contributed by atoms with van der Waals surface area (Å²) in [7, 11) is 0. The summed E-state index contributed by atoms with van der Waals surface area (Å²) in [6, 6.07) is -2.67. The summed E-state index contributed by atoms with van der Waals surface area (Å²) in [5.41, 5.74) is 0. The molecule has 0 unspecified atom stereocenters. The number of unbranched alkanes of at least 4 members (excludes halogenated alkanes) is 26. The molecule has 1 aliphatic rings. The van der Waals surface area contributed by atoms with Crippen LogP contribution in [-0.4, -0.2) is 111 Å². The van der Waals surface area contributed by atoms with E-state index < -0.39 is 67.6 Å². The molecule has 0 aromatic heterocycles. The fraction of sp³-hybridized carbons (Fsp3) is 0.915. The highest BCUT2D eigenvalue weighted by atomic mass is 16.5. The molecule has 0 aromatic carbocycles. The van der Waals surface area contributed by atoms with Gasteiger partial charge < -0.3 is 45.8 Å². The number of nitrogens with one attached hydrogen (secondary N) is 2. The van der Waals surface area contributed by atoms with Gasteiger partial charge in [-0.05, 0) is 25.7 Å². The van der Waals surface area contributed by atoms with E-state index in [2.05, 4.69) is 24.5 Å². The first-order chi connectivity index (χ1) is 29.1. The number of nitrogens with zero attached hydrogens (tertiary/aromatic N) is 1. The smallest absolute Gasteiger partial charge is 0.303 e. The predicted molar refractivity (Wildman–Crippen MR) is 237 cm³/mol. The first-order valence-corrected chi connectivity index (χ1v) is 24.4. The van der Waals surface area contributed by atoms with E-state index in [1.165, 1.54) is 114 Å². The normalized spacial score (nSPS) is 19.5. The molecule has 1 rings (SSSR count). The third-order valence-corrected chi connectivity index (χ3v) is 12.0. The van der Waals surface area contributed by atoms with Crippen molar-refractivity contribution in [3.63, 3.8) is 0 Å². The highest BCUT2D eigenvalue weighted by molar-refractivity contribution is 5.88. The van der Waals surface area contributed by atoms with E-state index >= 15 is 0 Å². The molecule has 0 spiro atoms. The van der Waals surface area contributed by atoms with Crippen molar-refractivity contribution in [2.45, 2.75) is 256 Å². The highest BCUT2D eigenvalue weighted by Gasteiger charge is 2.48. The molecule has 1 heterocycles. The monoisotopic (exact) mass is 856 g/mol. The average molecular weight is 856 g/mol. The Morgan fingerprint density at radius 3 is 1.42 bits per heavy atom. The minimum atomic E-state index is -1.61. The number of carbonyl (C=O) groups is 4. The van der Waals surface area contributed by atoms with Gasteiger partial charge in [-0.25, -0.2) is 0 Å². The number of carbonyl (C=O) groups excluding carboxylic acids is 3. The number of hydrogen-bond donors (Lipinski definition) is 7. The predicted octanol–water partition coefficient (Wildman–Crippen LogP) is 7.82. The van der Waals surface area contributed by atoms with E-state index in [0.717, 1.165) is 38.5 Å². The molecule has 1 fully saturated rings.